The molecule has 0 saturated carbocycles. The van der Waals surface area contributed by atoms with Crippen LogP contribution in [0.4, 0.5) is 0 Å². The van der Waals surface area contributed by atoms with Gasteiger partial charge in [-0.3, -0.25) is 4.90 Å². The largest absolute Gasteiger partial charge is 0.318 e. The predicted octanol–water partition coefficient (Wildman–Crippen LogP) is 0.694. The van der Waals surface area contributed by atoms with E-state index in [1.807, 2.05) is 7.05 Å². The van der Waals surface area contributed by atoms with Crippen molar-refractivity contribution in [1.29, 1.82) is 0 Å². The fraction of sp³-hybridized carbons (Fsp3) is 0.800. The van der Waals surface area contributed by atoms with Crippen molar-refractivity contribution in [3.8, 4) is 12.3 Å². The lowest BCUT2D eigenvalue weighted by Gasteiger charge is -2.34. The topological polar surface area (TPSA) is 15.3 Å². The second-order valence-electron chi connectivity index (χ2n) is 3.38. The predicted molar refractivity (Wildman–Crippen MR) is 52.0 cm³/mol. The van der Waals surface area contributed by atoms with Gasteiger partial charge < -0.3 is 5.32 Å². The zero-order chi connectivity index (χ0) is 8.81. The van der Waals surface area contributed by atoms with E-state index < -0.39 is 0 Å². The van der Waals surface area contributed by atoms with Gasteiger partial charge in [0.1, 0.15) is 0 Å². The number of piperidine rings is 1. The molecule has 0 radical (unpaired) electrons. The zero-order valence-electron chi connectivity index (χ0n) is 7.84. The van der Waals surface area contributed by atoms with Gasteiger partial charge in [0.15, 0.2) is 0 Å². The van der Waals surface area contributed by atoms with Gasteiger partial charge in [-0.25, -0.2) is 0 Å². The smallest absolute Gasteiger partial charge is 0.0601 e. The van der Waals surface area contributed by atoms with Gasteiger partial charge in [0.25, 0.3) is 0 Å². The summed E-state index contributed by atoms with van der Waals surface area (Å²) in [6.07, 6.45) is 9.26. The molecule has 0 aromatic heterocycles. The molecule has 1 aliphatic heterocycles. The lowest BCUT2D eigenvalue weighted by Crippen LogP contribution is -2.44. The molecular weight excluding hydrogens is 148 g/mol. The van der Waals surface area contributed by atoms with E-state index in [0.29, 0.717) is 6.04 Å². The standard InChI is InChI=1S/C10H18N2/c1-3-7-12-8-5-4-6-10(12)9-11-2/h1,10-11H,4-9H2,2H3. The van der Waals surface area contributed by atoms with Gasteiger partial charge in [-0.15, -0.1) is 6.42 Å². The number of rotatable bonds is 3. The summed E-state index contributed by atoms with van der Waals surface area (Å²) in [5.74, 6) is 2.72. The van der Waals surface area contributed by atoms with E-state index in [0.717, 1.165) is 13.1 Å². The van der Waals surface area contributed by atoms with Crippen LogP contribution < -0.4 is 5.32 Å². The average Bonchev–Trinajstić information content (AvgIpc) is 2.09. The van der Waals surface area contributed by atoms with Gasteiger partial charge in [-0.1, -0.05) is 12.3 Å². The summed E-state index contributed by atoms with van der Waals surface area (Å²) in [6, 6.07) is 0.666. The van der Waals surface area contributed by atoms with Crippen molar-refractivity contribution in [2.75, 3.05) is 26.7 Å². The van der Waals surface area contributed by atoms with Crippen molar-refractivity contribution < 1.29 is 0 Å². The number of terminal acetylenes is 1. The molecule has 1 atom stereocenters. The number of hydrogen-bond donors (Lipinski definition) is 1. The SMILES string of the molecule is C#CCN1CCCCC1CNC. The molecule has 2 nitrogen and oxygen atoms in total. The van der Waals surface area contributed by atoms with Crippen LogP contribution in [0.25, 0.3) is 0 Å². The van der Waals surface area contributed by atoms with Crippen molar-refractivity contribution in [3.05, 3.63) is 0 Å². The van der Waals surface area contributed by atoms with Gasteiger partial charge in [0.05, 0.1) is 6.54 Å². The minimum absolute atomic E-state index is 0.666. The van der Waals surface area contributed by atoms with Crippen LogP contribution in [0.15, 0.2) is 0 Å². The molecule has 1 N–H and O–H groups in total. The molecule has 1 rings (SSSR count). The third kappa shape index (κ3) is 2.51. The fourth-order valence-corrected chi connectivity index (χ4v) is 1.85. The molecule has 0 amide bonds. The van der Waals surface area contributed by atoms with Crippen LogP contribution >= 0.6 is 0 Å². The Morgan fingerprint density at radius 2 is 2.42 bits per heavy atom. The van der Waals surface area contributed by atoms with Crippen LogP contribution in [0.3, 0.4) is 0 Å². The normalized spacial score (nSPS) is 25.2. The molecule has 1 heterocycles. The highest BCUT2D eigenvalue weighted by Gasteiger charge is 2.20. The minimum Gasteiger partial charge on any atom is -0.318 e. The summed E-state index contributed by atoms with van der Waals surface area (Å²) < 4.78 is 0. The third-order valence-electron chi connectivity index (χ3n) is 2.48. The number of likely N-dealkylation sites (N-methyl/N-ethyl adjacent to an activating group) is 1. The molecule has 1 saturated heterocycles. The van der Waals surface area contributed by atoms with E-state index in [1.165, 1.54) is 25.8 Å². The molecule has 0 spiro atoms. The van der Waals surface area contributed by atoms with Crippen molar-refractivity contribution in [2.24, 2.45) is 0 Å². The summed E-state index contributed by atoms with van der Waals surface area (Å²) in [5.41, 5.74) is 0. The maximum absolute atomic E-state index is 5.31. The van der Waals surface area contributed by atoms with Gasteiger partial charge in [-0.2, -0.15) is 0 Å². The Hall–Kier alpha value is -0.520. The molecule has 1 fully saturated rings. The van der Waals surface area contributed by atoms with Crippen molar-refractivity contribution in [3.63, 3.8) is 0 Å². The summed E-state index contributed by atoms with van der Waals surface area (Å²) in [7, 11) is 2.00. The van der Waals surface area contributed by atoms with Crippen LogP contribution in [0.2, 0.25) is 0 Å². The van der Waals surface area contributed by atoms with Gasteiger partial charge in [0, 0.05) is 12.6 Å². The quantitative estimate of drug-likeness (QED) is 0.621. The van der Waals surface area contributed by atoms with Crippen molar-refractivity contribution >= 4 is 0 Å². The van der Waals surface area contributed by atoms with E-state index in [2.05, 4.69) is 16.1 Å². The van der Waals surface area contributed by atoms with Crippen molar-refractivity contribution in [2.45, 2.75) is 25.3 Å². The summed E-state index contributed by atoms with van der Waals surface area (Å²) in [6.45, 7) is 3.06. The monoisotopic (exact) mass is 166 g/mol. The first-order chi connectivity index (χ1) is 5.88. The van der Waals surface area contributed by atoms with Crippen LogP contribution in [-0.4, -0.2) is 37.6 Å². The Kier molecular flexibility index (Phi) is 4.13. The highest BCUT2D eigenvalue weighted by molar-refractivity contribution is 4.92. The number of nitrogens with zero attached hydrogens (tertiary/aromatic N) is 1. The first-order valence-corrected chi connectivity index (χ1v) is 4.70. The van der Waals surface area contributed by atoms with Gasteiger partial charge in [0.2, 0.25) is 0 Å². The molecule has 12 heavy (non-hydrogen) atoms. The lowest BCUT2D eigenvalue weighted by molar-refractivity contribution is 0.167. The molecule has 68 valence electrons. The Bertz CT molecular complexity index is 158. The highest BCUT2D eigenvalue weighted by atomic mass is 15.2. The summed E-state index contributed by atoms with van der Waals surface area (Å²) >= 11 is 0. The molecule has 0 aliphatic carbocycles. The molecule has 2 heteroatoms. The molecule has 0 aromatic carbocycles. The molecule has 0 aromatic rings. The fourth-order valence-electron chi connectivity index (χ4n) is 1.85. The maximum atomic E-state index is 5.31. The third-order valence-corrected chi connectivity index (χ3v) is 2.48. The zero-order valence-corrected chi connectivity index (χ0v) is 7.84. The maximum Gasteiger partial charge on any atom is 0.0601 e. The molecule has 1 unspecified atom stereocenters. The second kappa shape index (κ2) is 5.18. The number of nitrogens with one attached hydrogen (secondary N) is 1. The van der Waals surface area contributed by atoms with E-state index >= 15 is 0 Å². The Labute approximate surface area is 75.3 Å². The van der Waals surface area contributed by atoms with Crippen LogP contribution in [0, 0.1) is 12.3 Å². The minimum atomic E-state index is 0.666. The second-order valence-corrected chi connectivity index (χ2v) is 3.38. The highest BCUT2D eigenvalue weighted by Crippen LogP contribution is 2.15. The summed E-state index contributed by atoms with van der Waals surface area (Å²) in [5, 5.41) is 3.22. The van der Waals surface area contributed by atoms with E-state index in [-0.39, 0.29) is 0 Å². The Balaban J connectivity index is 2.38. The lowest BCUT2D eigenvalue weighted by atomic mass is 10.0. The van der Waals surface area contributed by atoms with E-state index in [4.69, 9.17) is 6.42 Å². The van der Waals surface area contributed by atoms with Crippen molar-refractivity contribution in [1.82, 2.24) is 10.2 Å². The molecule has 0 bridgehead atoms. The van der Waals surface area contributed by atoms with E-state index in [1.54, 1.807) is 0 Å². The van der Waals surface area contributed by atoms with Gasteiger partial charge >= 0.3 is 0 Å². The average molecular weight is 166 g/mol. The first-order valence-electron chi connectivity index (χ1n) is 4.70. The molecular formula is C10H18N2. The Morgan fingerprint density at radius 3 is 3.08 bits per heavy atom. The number of hydrogen-bond acceptors (Lipinski definition) is 2. The van der Waals surface area contributed by atoms with E-state index in [9.17, 15) is 0 Å². The Morgan fingerprint density at radius 1 is 1.58 bits per heavy atom. The van der Waals surface area contributed by atoms with Gasteiger partial charge in [-0.05, 0) is 26.4 Å². The first kappa shape index (κ1) is 9.57. The van der Waals surface area contributed by atoms with Crippen LogP contribution in [0.1, 0.15) is 19.3 Å². The van der Waals surface area contributed by atoms with Crippen LogP contribution in [0.5, 0.6) is 0 Å². The molecule has 1 aliphatic rings. The number of likely N-dealkylation sites (tertiary alicyclic amines) is 1. The van der Waals surface area contributed by atoms with Crippen LogP contribution in [-0.2, 0) is 0 Å². The summed E-state index contributed by atoms with van der Waals surface area (Å²) in [4.78, 5) is 2.40.